The minimum atomic E-state index is -2.84. The molecule has 1 aromatic heterocycles. The number of nitrogens with one attached hydrogen (secondary N) is 1. The van der Waals surface area contributed by atoms with Gasteiger partial charge in [0, 0.05) is 18.3 Å². The largest absolute Gasteiger partial charge is 0.433 e. The standard InChI is InChI=1S/C15H19F2N3O/c1-15(2,3)20-10-11(9-19-20)8-18-12-6-4-5-7-13(12)21-14(16)17/h4-7,9-10,14,18H,8H2,1-3H3. The van der Waals surface area contributed by atoms with Crippen LogP contribution >= 0.6 is 0 Å². The summed E-state index contributed by atoms with van der Waals surface area (Å²) in [5.41, 5.74) is 1.41. The molecule has 114 valence electrons. The Bertz CT molecular complexity index is 591. The number of ether oxygens (including phenoxy) is 1. The van der Waals surface area contributed by atoms with E-state index in [0.29, 0.717) is 12.2 Å². The van der Waals surface area contributed by atoms with E-state index in [-0.39, 0.29) is 11.3 Å². The number of rotatable bonds is 5. The predicted octanol–water partition coefficient (Wildman–Crippen LogP) is 3.85. The lowest BCUT2D eigenvalue weighted by Crippen LogP contribution is -2.22. The topological polar surface area (TPSA) is 39.1 Å². The van der Waals surface area contributed by atoms with E-state index in [2.05, 4.69) is 35.9 Å². The average molecular weight is 295 g/mol. The zero-order chi connectivity index (χ0) is 15.5. The molecule has 0 radical (unpaired) electrons. The van der Waals surface area contributed by atoms with Gasteiger partial charge in [0.15, 0.2) is 0 Å². The fraction of sp³-hybridized carbons (Fsp3) is 0.400. The zero-order valence-electron chi connectivity index (χ0n) is 12.3. The van der Waals surface area contributed by atoms with Crippen molar-refractivity contribution in [2.75, 3.05) is 5.32 Å². The SMILES string of the molecule is CC(C)(C)n1cc(CNc2ccccc2OC(F)F)cn1. The minimum absolute atomic E-state index is 0.0883. The van der Waals surface area contributed by atoms with Gasteiger partial charge >= 0.3 is 6.61 Å². The Morgan fingerprint density at radius 2 is 2.00 bits per heavy atom. The smallest absolute Gasteiger partial charge is 0.387 e. The molecule has 0 fully saturated rings. The number of alkyl halides is 2. The normalized spacial score (nSPS) is 11.7. The van der Waals surface area contributed by atoms with Crippen molar-refractivity contribution in [2.45, 2.75) is 39.5 Å². The summed E-state index contributed by atoms with van der Waals surface area (Å²) in [6, 6.07) is 6.62. The number of para-hydroxylation sites is 2. The number of hydrogen-bond donors (Lipinski definition) is 1. The molecule has 0 saturated carbocycles. The van der Waals surface area contributed by atoms with Gasteiger partial charge in [0.05, 0.1) is 17.4 Å². The molecule has 0 aliphatic rings. The number of anilines is 1. The van der Waals surface area contributed by atoms with Crippen molar-refractivity contribution in [3.8, 4) is 5.75 Å². The number of hydrogen-bond acceptors (Lipinski definition) is 3. The second kappa shape index (κ2) is 6.11. The van der Waals surface area contributed by atoms with Gasteiger partial charge in [0.2, 0.25) is 0 Å². The maximum atomic E-state index is 12.3. The lowest BCUT2D eigenvalue weighted by molar-refractivity contribution is -0.0493. The molecule has 0 spiro atoms. The van der Waals surface area contributed by atoms with Gasteiger partial charge in [-0.25, -0.2) is 0 Å². The number of benzene rings is 1. The van der Waals surface area contributed by atoms with Crippen LogP contribution in [-0.2, 0) is 12.1 Å². The Hall–Kier alpha value is -2.11. The maximum absolute atomic E-state index is 12.3. The molecule has 2 rings (SSSR count). The highest BCUT2D eigenvalue weighted by Gasteiger charge is 2.14. The summed E-state index contributed by atoms with van der Waals surface area (Å²) >= 11 is 0. The van der Waals surface area contributed by atoms with Crippen LogP contribution in [0.2, 0.25) is 0 Å². The fourth-order valence-corrected chi connectivity index (χ4v) is 1.83. The molecule has 4 nitrogen and oxygen atoms in total. The molecule has 0 aliphatic carbocycles. The first-order chi connectivity index (χ1) is 9.86. The summed E-state index contributed by atoms with van der Waals surface area (Å²) in [7, 11) is 0. The third kappa shape index (κ3) is 4.18. The van der Waals surface area contributed by atoms with Crippen LogP contribution in [0.1, 0.15) is 26.3 Å². The molecule has 1 N–H and O–H groups in total. The van der Waals surface area contributed by atoms with Crippen molar-refractivity contribution in [1.82, 2.24) is 9.78 Å². The van der Waals surface area contributed by atoms with E-state index in [4.69, 9.17) is 0 Å². The van der Waals surface area contributed by atoms with E-state index >= 15 is 0 Å². The Kier molecular flexibility index (Phi) is 4.45. The minimum Gasteiger partial charge on any atom is -0.433 e. The molecule has 21 heavy (non-hydrogen) atoms. The van der Waals surface area contributed by atoms with Gasteiger partial charge in [-0.05, 0) is 32.9 Å². The first-order valence-corrected chi connectivity index (χ1v) is 6.68. The van der Waals surface area contributed by atoms with Gasteiger partial charge in [-0.1, -0.05) is 12.1 Å². The number of aromatic nitrogens is 2. The van der Waals surface area contributed by atoms with E-state index in [0.717, 1.165) is 5.56 Å². The third-order valence-electron chi connectivity index (χ3n) is 2.91. The molecule has 0 amide bonds. The van der Waals surface area contributed by atoms with Crippen LogP contribution in [0.4, 0.5) is 14.5 Å². The van der Waals surface area contributed by atoms with Gasteiger partial charge in [-0.2, -0.15) is 13.9 Å². The number of halogens is 2. The molecular weight excluding hydrogens is 276 g/mol. The lowest BCUT2D eigenvalue weighted by Gasteiger charge is -2.18. The molecule has 6 heteroatoms. The first kappa shape index (κ1) is 15.3. The Labute approximate surface area is 122 Å². The van der Waals surface area contributed by atoms with Gasteiger partial charge < -0.3 is 10.1 Å². The second-order valence-corrected chi connectivity index (χ2v) is 5.69. The highest BCUT2D eigenvalue weighted by atomic mass is 19.3. The van der Waals surface area contributed by atoms with Crippen LogP contribution in [0.15, 0.2) is 36.7 Å². The molecule has 0 saturated heterocycles. The van der Waals surface area contributed by atoms with E-state index < -0.39 is 6.61 Å². The van der Waals surface area contributed by atoms with E-state index in [1.165, 1.54) is 6.07 Å². The molecule has 1 heterocycles. The quantitative estimate of drug-likeness (QED) is 0.910. The number of nitrogens with zero attached hydrogens (tertiary/aromatic N) is 2. The van der Waals surface area contributed by atoms with Crippen molar-refractivity contribution in [3.05, 3.63) is 42.2 Å². The maximum Gasteiger partial charge on any atom is 0.387 e. The zero-order valence-corrected chi connectivity index (χ0v) is 12.3. The summed E-state index contributed by atoms with van der Waals surface area (Å²) in [6.45, 7) is 3.82. The molecule has 0 unspecified atom stereocenters. The van der Waals surface area contributed by atoms with Crippen LogP contribution in [0, 0.1) is 0 Å². The van der Waals surface area contributed by atoms with Crippen LogP contribution in [-0.4, -0.2) is 16.4 Å². The fourth-order valence-electron chi connectivity index (χ4n) is 1.83. The van der Waals surface area contributed by atoms with E-state index in [1.807, 2.05) is 10.9 Å². The Morgan fingerprint density at radius 1 is 1.29 bits per heavy atom. The van der Waals surface area contributed by atoms with Gasteiger partial charge in [0.1, 0.15) is 5.75 Å². The van der Waals surface area contributed by atoms with E-state index in [1.54, 1.807) is 24.4 Å². The molecule has 2 aromatic rings. The molecule has 0 atom stereocenters. The van der Waals surface area contributed by atoms with Gasteiger partial charge in [0.25, 0.3) is 0 Å². The van der Waals surface area contributed by atoms with Gasteiger partial charge in [-0.3, -0.25) is 4.68 Å². The van der Waals surface area contributed by atoms with E-state index in [9.17, 15) is 8.78 Å². The van der Waals surface area contributed by atoms with Crippen LogP contribution < -0.4 is 10.1 Å². The van der Waals surface area contributed by atoms with Crippen molar-refractivity contribution in [1.29, 1.82) is 0 Å². The summed E-state index contributed by atoms with van der Waals surface area (Å²) in [5.74, 6) is 0.135. The summed E-state index contributed by atoms with van der Waals surface area (Å²) in [5, 5.41) is 7.38. The second-order valence-electron chi connectivity index (χ2n) is 5.69. The molecule has 1 aromatic carbocycles. The van der Waals surface area contributed by atoms with Crippen molar-refractivity contribution < 1.29 is 13.5 Å². The van der Waals surface area contributed by atoms with Crippen LogP contribution in [0.25, 0.3) is 0 Å². The molecule has 0 aliphatic heterocycles. The van der Waals surface area contributed by atoms with Crippen LogP contribution in [0.3, 0.4) is 0 Å². The summed E-state index contributed by atoms with van der Waals surface area (Å²) in [6.07, 6.45) is 3.69. The first-order valence-electron chi connectivity index (χ1n) is 6.68. The van der Waals surface area contributed by atoms with Gasteiger partial charge in [-0.15, -0.1) is 0 Å². The highest BCUT2D eigenvalue weighted by Crippen LogP contribution is 2.26. The molecular formula is C15H19F2N3O. The van der Waals surface area contributed by atoms with Crippen molar-refractivity contribution in [2.24, 2.45) is 0 Å². The lowest BCUT2D eigenvalue weighted by atomic mass is 10.1. The Morgan fingerprint density at radius 3 is 2.62 bits per heavy atom. The van der Waals surface area contributed by atoms with Crippen molar-refractivity contribution >= 4 is 5.69 Å². The highest BCUT2D eigenvalue weighted by molar-refractivity contribution is 5.56. The monoisotopic (exact) mass is 295 g/mol. The Balaban J connectivity index is 2.05. The van der Waals surface area contributed by atoms with Crippen molar-refractivity contribution in [3.63, 3.8) is 0 Å². The average Bonchev–Trinajstić information content (AvgIpc) is 2.86. The predicted molar refractivity (Wildman–Crippen MR) is 77.6 cm³/mol. The van der Waals surface area contributed by atoms with Crippen LogP contribution in [0.5, 0.6) is 5.75 Å². The summed E-state index contributed by atoms with van der Waals surface area (Å²) in [4.78, 5) is 0. The summed E-state index contributed by atoms with van der Waals surface area (Å²) < 4.78 is 31.0. The third-order valence-corrected chi connectivity index (χ3v) is 2.91. The molecule has 0 bridgehead atoms.